The number of hydrogen-bond acceptors (Lipinski definition) is 24. The Morgan fingerprint density at radius 2 is 0.491 bits per heavy atom. The Balaban J connectivity index is 1.08. The summed E-state index contributed by atoms with van der Waals surface area (Å²) in [6.45, 7) is 0. The minimum absolute atomic E-state index is 0.00200. The molecule has 0 saturated carbocycles. The molecule has 0 aliphatic heterocycles. The van der Waals surface area contributed by atoms with Gasteiger partial charge in [-0.1, -0.05) is 12.1 Å². The molecule has 0 aromatic heterocycles. The van der Waals surface area contributed by atoms with E-state index in [0.717, 1.165) is 67.8 Å². The van der Waals surface area contributed by atoms with Crippen molar-refractivity contribution in [2.45, 2.75) is 0 Å². The van der Waals surface area contributed by atoms with Gasteiger partial charge in [0.2, 0.25) is 0 Å². The van der Waals surface area contributed by atoms with E-state index < -0.39 is 41.8 Å². The standard InChI is InChI=1S/C33H20O24/c1-42-50-51-43-28(36)21-6-8-22(9-7-21)29(37)46-54-55-47-32(40)25-14-16-26(17-15-25)33(41)49-57-56-48-31(39)24-12-10-23(11-13-24)30(38)45-53-52-44-27(35)20-4-2-19(18-34)3-5-20/h2-18H,1H3. The van der Waals surface area contributed by atoms with Crippen molar-refractivity contribution in [3.8, 4) is 0 Å². The minimum Gasteiger partial charge on any atom is -0.298 e. The van der Waals surface area contributed by atoms with Crippen LogP contribution in [0.25, 0.3) is 0 Å². The van der Waals surface area contributed by atoms with E-state index in [2.05, 4.69) is 79.4 Å². The Kier molecular flexibility index (Phi) is 16.3. The van der Waals surface area contributed by atoms with Gasteiger partial charge in [0.1, 0.15) is 6.29 Å². The Morgan fingerprint density at radius 1 is 0.316 bits per heavy atom. The van der Waals surface area contributed by atoms with Crippen molar-refractivity contribution in [2.24, 2.45) is 0 Å². The SMILES string of the molecule is COOOOC(=O)c1ccc(C(=O)OOOOC(=O)c2ccc(C(=O)OOOOC(=O)c3ccc(C(=O)OOOOC(=O)c4ccc(C=O)cc4)cc3)cc2)cc1. The highest BCUT2D eigenvalue weighted by Crippen LogP contribution is 2.12. The van der Waals surface area contributed by atoms with Gasteiger partial charge in [0.25, 0.3) is 0 Å². The molecule has 0 aliphatic carbocycles. The van der Waals surface area contributed by atoms with Crippen LogP contribution >= 0.6 is 0 Å². The van der Waals surface area contributed by atoms with E-state index in [0.29, 0.717) is 11.8 Å². The zero-order valence-corrected chi connectivity index (χ0v) is 28.1. The fourth-order valence-electron chi connectivity index (χ4n) is 3.60. The summed E-state index contributed by atoms with van der Waals surface area (Å²) in [5.74, 6) is -7.75. The molecule has 0 fully saturated rings. The van der Waals surface area contributed by atoms with Gasteiger partial charge < -0.3 is 0 Å². The lowest BCUT2D eigenvalue weighted by molar-refractivity contribution is -0.609. The fraction of sp³-hybridized carbons (Fsp3) is 0.0303. The molecule has 0 heterocycles. The van der Waals surface area contributed by atoms with Crippen molar-refractivity contribution in [3.63, 3.8) is 0 Å². The maximum atomic E-state index is 12.1. The zero-order valence-electron chi connectivity index (χ0n) is 28.1. The molecule has 0 unspecified atom stereocenters. The summed E-state index contributed by atoms with van der Waals surface area (Å²) in [7, 11) is 1.10. The van der Waals surface area contributed by atoms with Gasteiger partial charge in [-0.15, -0.1) is 0 Å². The maximum Gasteiger partial charge on any atom is 0.376 e. The molecule has 0 amide bonds. The van der Waals surface area contributed by atoms with Crippen molar-refractivity contribution >= 4 is 48.1 Å². The first-order chi connectivity index (χ1) is 27.6. The summed E-state index contributed by atoms with van der Waals surface area (Å²) in [6, 6.07) is 18.6. The number of benzene rings is 4. The first kappa shape index (κ1) is 42.2. The number of carbonyl (C=O) groups excluding carboxylic acids is 8. The molecule has 0 spiro atoms. The Labute approximate surface area is 314 Å². The number of aldehydes is 1. The zero-order chi connectivity index (χ0) is 41.0. The highest BCUT2D eigenvalue weighted by molar-refractivity contribution is 5.95. The van der Waals surface area contributed by atoms with Crippen molar-refractivity contribution in [2.75, 3.05) is 7.11 Å². The predicted octanol–water partition coefficient (Wildman–Crippen LogP) is 3.46. The van der Waals surface area contributed by atoms with Gasteiger partial charge in [0.15, 0.2) is 0 Å². The first-order valence-corrected chi connectivity index (χ1v) is 14.8. The van der Waals surface area contributed by atoms with Crippen molar-refractivity contribution in [1.82, 2.24) is 0 Å². The lowest BCUT2D eigenvalue weighted by atomic mass is 10.1. The highest BCUT2D eigenvalue weighted by atomic mass is 17.7. The third-order valence-electron chi connectivity index (χ3n) is 6.30. The molecule has 57 heavy (non-hydrogen) atoms. The predicted molar refractivity (Wildman–Crippen MR) is 165 cm³/mol. The van der Waals surface area contributed by atoms with Crippen LogP contribution in [0.4, 0.5) is 0 Å². The molecule has 0 atom stereocenters. The van der Waals surface area contributed by atoms with E-state index in [1.165, 1.54) is 36.4 Å². The third kappa shape index (κ3) is 13.4. The van der Waals surface area contributed by atoms with Gasteiger partial charge in [-0.25, -0.2) is 38.4 Å². The first-order valence-electron chi connectivity index (χ1n) is 14.8. The second-order valence-electron chi connectivity index (χ2n) is 9.78. The van der Waals surface area contributed by atoms with Gasteiger partial charge in [-0.3, -0.25) is 39.0 Å². The largest absolute Gasteiger partial charge is 0.376 e. The second kappa shape index (κ2) is 22.0. The van der Waals surface area contributed by atoms with E-state index in [1.54, 1.807) is 0 Å². The van der Waals surface area contributed by atoms with Gasteiger partial charge >= 0.3 is 41.8 Å². The van der Waals surface area contributed by atoms with Crippen molar-refractivity contribution < 1.29 is 118 Å². The molecule has 0 saturated heterocycles. The summed E-state index contributed by atoms with van der Waals surface area (Å²) < 4.78 is 0. The van der Waals surface area contributed by atoms with Gasteiger partial charge in [0.05, 0.1) is 46.1 Å². The van der Waals surface area contributed by atoms with Crippen LogP contribution < -0.4 is 0 Å². The number of hydrogen-bond donors (Lipinski definition) is 0. The van der Waals surface area contributed by atoms with Crippen LogP contribution in [0.1, 0.15) is 82.9 Å². The van der Waals surface area contributed by atoms with Crippen molar-refractivity contribution in [1.29, 1.82) is 0 Å². The summed E-state index contributed by atoms with van der Waals surface area (Å²) in [5, 5.41) is 32.4. The molecule has 296 valence electrons. The van der Waals surface area contributed by atoms with Crippen LogP contribution in [0.15, 0.2) is 97.1 Å². The number of rotatable bonds is 20. The molecule has 0 N–H and O–H groups in total. The summed E-state index contributed by atoms with van der Waals surface area (Å²) in [6.07, 6.45) is 0.571. The molecule has 4 aromatic carbocycles. The summed E-state index contributed by atoms with van der Waals surface area (Å²) in [4.78, 5) is 129. The Morgan fingerprint density at radius 3 is 0.667 bits per heavy atom. The maximum absolute atomic E-state index is 12.1. The molecule has 0 aliphatic rings. The van der Waals surface area contributed by atoms with E-state index in [9.17, 15) is 38.4 Å². The fourth-order valence-corrected chi connectivity index (χ4v) is 3.60. The molecule has 4 aromatic rings. The smallest absolute Gasteiger partial charge is 0.298 e. The van der Waals surface area contributed by atoms with Crippen LogP contribution in [0, 0.1) is 0 Å². The van der Waals surface area contributed by atoms with Gasteiger partial charge in [-0.05, 0) is 90.0 Å². The topological polar surface area (TPSA) is 284 Å². The normalized spacial score (nSPS) is 10.3. The molecule has 4 rings (SSSR count). The Bertz CT molecular complexity index is 2030. The average molecular weight is 800 g/mol. The summed E-state index contributed by atoms with van der Waals surface area (Å²) >= 11 is 0. The average Bonchev–Trinajstić information content (AvgIpc) is 3.25. The van der Waals surface area contributed by atoms with E-state index in [4.69, 9.17) is 0 Å². The van der Waals surface area contributed by atoms with Crippen LogP contribution in [0.5, 0.6) is 0 Å². The third-order valence-corrected chi connectivity index (χ3v) is 6.30. The lowest BCUT2D eigenvalue weighted by Gasteiger charge is -2.05. The van der Waals surface area contributed by atoms with Gasteiger partial charge in [0, 0.05) is 40.8 Å². The molecular weight excluding hydrogens is 780 g/mol. The van der Waals surface area contributed by atoms with Crippen LogP contribution in [0.3, 0.4) is 0 Å². The molecular formula is C33H20O24. The molecule has 0 bridgehead atoms. The van der Waals surface area contributed by atoms with Crippen LogP contribution in [0.2, 0.25) is 0 Å². The quantitative estimate of drug-likeness (QED) is 0.0535. The lowest BCUT2D eigenvalue weighted by Crippen LogP contribution is -2.12. The molecule has 24 heteroatoms. The van der Waals surface area contributed by atoms with Crippen molar-refractivity contribution in [3.05, 3.63) is 142 Å². The van der Waals surface area contributed by atoms with E-state index in [-0.39, 0.29) is 38.9 Å². The Hall–Kier alpha value is -7.52. The van der Waals surface area contributed by atoms with Crippen LogP contribution in [-0.2, 0) is 79.4 Å². The second-order valence-corrected chi connectivity index (χ2v) is 9.78. The molecule has 0 radical (unpaired) electrons. The monoisotopic (exact) mass is 800 g/mol. The minimum atomic E-state index is -1.17. The van der Waals surface area contributed by atoms with E-state index >= 15 is 0 Å². The van der Waals surface area contributed by atoms with Gasteiger partial charge in [-0.2, -0.15) is 0 Å². The van der Waals surface area contributed by atoms with Crippen LogP contribution in [-0.4, -0.2) is 55.2 Å². The highest BCUT2D eigenvalue weighted by Gasteiger charge is 2.18. The molecule has 24 nitrogen and oxygen atoms in total. The summed E-state index contributed by atoms with van der Waals surface area (Å²) in [5.41, 5.74) is -0.564. The van der Waals surface area contributed by atoms with E-state index in [1.807, 2.05) is 0 Å². The number of carbonyl (C=O) groups is 8.